The van der Waals surface area contributed by atoms with Gasteiger partial charge < -0.3 is 21.7 Å². The quantitative estimate of drug-likeness (QED) is 0.490. The van der Waals surface area contributed by atoms with Crippen LogP contribution < -0.4 is 11.5 Å². The molecule has 0 fully saturated rings. The van der Waals surface area contributed by atoms with Gasteiger partial charge in [-0.2, -0.15) is 0 Å². The number of hydrogen-bond donors (Lipinski definition) is 4. The fraction of sp³-hybridized carbons (Fsp3) is 0.750. The van der Waals surface area contributed by atoms with E-state index in [1.54, 1.807) is 0 Å². The zero-order chi connectivity index (χ0) is 11.7. The zero-order valence-corrected chi connectivity index (χ0v) is 8.43. The normalized spacial score (nSPS) is 11.5. The number of carbonyl (C=O) groups is 2. The van der Waals surface area contributed by atoms with Crippen molar-refractivity contribution in [3.8, 4) is 0 Å². The maximum absolute atomic E-state index is 10.1. The van der Waals surface area contributed by atoms with Crippen molar-refractivity contribution in [2.24, 2.45) is 17.4 Å². The lowest BCUT2D eigenvalue weighted by Crippen LogP contribution is -2.31. The molecular weight excluding hydrogens is 188 g/mol. The van der Waals surface area contributed by atoms with Gasteiger partial charge in [0.25, 0.3) is 0 Å². The van der Waals surface area contributed by atoms with Crippen LogP contribution in [0.4, 0.5) is 0 Å². The SMILES string of the molecule is CC(C)C[C@H](N)C(=O)O.NCC(=O)O. The second-order valence-electron chi connectivity index (χ2n) is 3.17. The molecule has 0 heterocycles. The third-order valence-electron chi connectivity index (χ3n) is 1.22. The van der Waals surface area contributed by atoms with Gasteiger partial charge in [-0.05, 0) is 12.3 Å². The number of carboxylic acids is 2. The number of aliphatic carboxylic acids is 2. The average Bonchev–Trinajstić information content (AvgIpc) is 2.04. The molecule has 6 heteroatoms. The van der Waals surface area contributed by atoms with Gasteiger partial charge >= 0.3 is 11.9 Å². The predicted octanol–water partition coefficient (Wildman–Crippen LogP) is -0.526. The highest BCUT2D eigenvalue weighted by Crippen LogP contribution is 2.01. The Morgan fingerprint density at radius 2 is 1.64 bits per heavy atom. The molecule has 0 aromatic carbocycles. The van der Waals surface area contributed by atoms with E-state index in [0.29, 0.717) is 12.3 Å². The van der Waals surface area contributed by atoms with Gasteiger partial charge in [0.1, 0.15) is 6.04 Å². The molecule has 6 nitrogen and oxygen atoms in total. The van der Waals surface area contributed by atoms with Crippen LogP contribution in [-0.4, -0.2) is 34.7 Å². The summed E-state index contributed by atoms with van der Waals surface area (Å²) in [6.07, 6.45) is 0.551. The van der Waals surface area contributed by atoms with E-state index in [2.05, 4.69) is 5.73 Å². The first kappa shape index (κ1) is 15.3. The van der Waals surface area contributed by atoms with E-state index in [4.69, 9.17) is 15.9 Å². The highest BCUT2D eigenvalue weighted by molar-refractivity contribution is 5.72. The maximum atomic E-state index is 10.1. The van der Waals surface area contributed by atoms with Crippen LogP contribution in [0.1, 0.15) is 20.3 Å². The van der Waals surface area contributed by atoms with Crippen LogP contribution in [0.2, 0.25) is 0 Å². The molecule has 14 heavy (non-hydrogen) atoms. The molecule has 0 radical (unpaired) electrons. The largest absolute Gasteiger partial charge is 0.480 e. The van der Waals surface area contributed by atoms with Crippen molar-refractivity contribution < 1.29 is 19.8 Å². The molecule has 0 aromatic rings. The summed E-state index contributed by atoms with van der Waals surface area (Å²) in [4.78, 5) is 19.4. The molecule has 0 bridgehead atoms. The predicted molar refractivity (Wildman–Crippen MR) is 51.8 cm³/mol. The average molecular weight is 206 g/mol. The highest BCUT2D eigenvalue weighted by atomic mass is 16.4. The first-order valence-corrected chi connectivity index (χ1v) is 4.21. The fourth-order valence-electron chi connectivity index (χ4n) is 0.609. The fourth-order valence-corrected chi connectivity index (χ4v) is 0.609. The van der Waals surface area contributed by atoms with E-state index in [9.17, 15) is 9.59 Å². The minimum atomic E-state index is -0.968. The Bertz CT molecular complexity index is 182. The number of carboxylic acid groups (broad SMARTS) is 2. The molecule has 0 aliphatic heterocycles. The van der Waals surface area contributed by atoms with E-state index in [-0.39, 0.29) is 6.54 Å². The molecule has 0 amide bonds. The summed E-state index contributed by atoms with van der Waals surface area (Å²) in [6, 6.07) is -0.690. The van der Waals surface area contributed by atoms with Gasteiger partial charge in [-0.15, -0.1) is 0 Å². The standard InChI is InChI=1S/C6H13NO2.C2H5NO2/c1-4(2)3-5(7)6(8)9;3-1-2(4)5/h4-5H,3,7H2,1-2H3,(H,8,9);1,3H2,(H,4,5)/t5-;/m0./s1. The summed E-state index contributed by atoms with van der Waals surface area (Å²) in [7, 11) is 0. The van der Waals surface area contributed by atoms with E-state index in [0.717, 1.165) is 0 Å². The second-order valence-corrected chi connectivity index (χ2v) is 3.17. The molecule has 0 spiro atoms. The molecule has 0 saturated carbocycles. The molecule has 0 rings (SSSR count). The Morgan fingerprint density at radius 3 is 1.71 bits per heavy atom. The van der Waals surface area contributed by atoms with Crippen molar-refractivity contribution in [1.82, 2.24) is 0 Å². The van der Waals surface area contributed by atoms with E-state index < -0.39 is 18.0 Å². The van der Waals surface area contributed by atoms with Gasteiger partial charge in [-0.1, -0.05) is 13.8 Å². The van der Waals surface area contributed by atoms with E-state index >= 15 is 0 Å². The smallest absolute Gasteiger partial charge is 0.320 e. The molecular formula is C8H18N2O4. The molecule has 84 valence electrons. The van der Waals surface area contributed by atoms with Crippen LogP contribution in [-0.2, 0) is 9.59 Å². The van der Waals surface area contributed by atoms with Gasteiger partial charge in [0.15, 0.2) is 0 Å². The van der Waals surface area contributed by atoms with Crippen molar-refractivity contribution >= 4 is 11.9 Å². The Balaban J connectivity index is 0. The monoisotopic (exact) mass is 206 g/mol. The van der Waals surface area contributed by atoms with Crippen molar-refractivity contribution in [2.75, 3.05) is 6.54 Å². The molecule has 0 saturated heterocycles. The van der Waals surface area contributed by atoms with Gasteiger partial charge in [0, 0.05) is 0 Å². The molecule has 0 aromatic heterocycles. The number of rotatable bonds is 4. The first-order chi connectivity index (χ1) is 6.31. The van der Waals surface area contributed by atoms with Gasteiger partial charge in [0.05, 0.1) is 6.54 Å². The van der Waals surface area contributed by atoms with Gasteiger partial charge in [-0.3, -0.25) is 9.59 Å². The summed E-state index contributed by atoms with van der Waals surface area (Å²) in [5, 5.41) is 15.9. The second kappa shape index (κ2) is 8.46. The van der Waals surface area contributed by atoms with Crippen LogP contribution >= 0.6 is 0 Å². The van der Waals surface area contributed by atoms with Crippen LogP contribution in [0, 0.1) is 5.92 Å². The number of nitrogens with two attached hydrogens (primary N) is 2. The first-order valence-electron chi connectivity index (χ1n) is 4.21. The minimum absolute atomic E-state index is 0.278. The lowest BCUT2D eigenvalue weighted by atomic mass is 10.1. The molecule has 1 atom stereocenters. The Labute approximate surface area is 82.9 Å². The third kappa shape index (κ3) is 13.4. The van der Waals surface area contributed by atoms with Crippen LogP contribution in [0.25, 0.3) is 0 Å². The van der Waals surface area contributed by atoms with Crippen LogP contribution in [0.5, 0.6) is 0 Å². The third-order valence-corrected chi connectivity index (χ3v) is 1.22. The van der Waals surface area contributed by atoms with E-state index in [1.165, 1.54) is 0 Å². The van der Waals surface area contributed by atoms with E-state index in [1.807, 2.05) is 13.8 Å². The lowest BCUT2D eigenvalue weighted by Gasteiger charge is -2.07. The van der Waals surface area contributed by atoms with Crippen molar-refractivity contribution in [2.45, 2.75) is 26.3 Å². The lowest BCUT2D eigenvalue weighted by molar-refractivity contribution is -0.139. The minimum Gasteiger partial charge on any atom is -0.480 e. The summed E-state index contributed by atoms with van der Waals surface area (Å²) in [5.74, 6) is -1.52. The van der Waals surface area contributed by atoms with Crippen molar-refractivity contribution in [1.29, 1.82) is 0 Å². The zero-order valence-electron chi connectivity index (χ0n) is 8.43. The van der Waals surface area contributed by atoms with Gasteiger partial charge in [0.2, 0.25) is 0 Å². The Kier molecular flexibility index (Phi) is 9.27. The molecule has 6 N–H and O–H groups in total. The van der Waals surface area contributed by atoms with Crippen molar-refractivity contribution in [3.05, 3.63) is 0 Å². The Morgan fingerprint density at radius 1 is 1.29 bits per heavy atom. The highest BCUT2D eigenvalue weighted by Gasteiger charge is 2.11. The summed E-state index contributed by atoms with van der Waals surface area (Å²) in [6.45, 7) is 3.62. The van der Waals surface area contributed by atoms with Crippen molar-refractivity contribution in [3.63, 3.8) is 0 Å². The Hall–Kier alpha value is -1.14. The van der Waals surface area contributed by atoms with Gasteiger partial charge in [-0.25, -0.2) is 0 Å². The summed E-state index contributed by atoms with van der Waals surface area (Å²) >= 11 is 0. The molecule has 0 aliphatic rings. The summed E-state index contributed by atoms with van der Waals surface area (Å²) in [5.41, 5.74) is 9.79. The molecule has 0 aliphatic carbocycles. The molecule has 0 unspecified atom stereocenters. The summed E-state index contributed by atoms with van der Waals surface area (Å²) < 4.78 is 0. The topological polar surface area (TPSA) is 127 Å². The maximum Gasteiger partial charge on any atom is 0.320 e. The van der Waals surface area contributed by atoms with Crippen LogP contribution in [0.3, 0.4) is 0 Å². The number of hydrogen-bond acceptors (Lipinski definition) is 4. The van der Waals surface area contributed by atoms with Crippen LogP contribution in [0.15, 0.2) is 0 Å².